The Morgan fingerprint density at radius 3 is 1.95 bits per heavy atom. The maximum Gasteiger partial charge on any atom is 0.305 e. The van der Waals surface area contributed by atoms with Gasteiger partial charge in [0.25, 0.3) is 0 Å². The molecule has 0 unspecified atom stereocenters. The van der Waals surface area contributed by atoms with Gasteiger partial charge in [0.05, 0.1) is 19.0 Å². The molecule has 2 aromatic rings. The normalized spacial score (nSPS) is 14.2. The number of carboxylic acids is 1. The lowest BCUT2D eigenvalue weighted by atomic mass is 9.98. The van der Waals surface area contributed by atoms with Crippen molar-refractivity contribution in [3.05, 3.63) is 65.7 Å². The Hall–Kier alpha value is -4.98. The molecule has 0 aromatic heterocycles. The summed E-state index contributed by atoms with van der Waals surface area (Å²) < 4.78 is 0. The minimum atomic E-state index is -1.58. The average Bonchev–Trinajstić information content (AvgIpc) is 2.98. The Morgan fingerprint density at radius 1 is 0.795 bits per heavy atom. The van der Waals surface area contributed by atoms with Crippen LogP contribution < -0.4 is 32.7 Å². The van der Waals surface area contributed by atoms with Crippen molar-refractivity contribution in [1.82, 2.24) is 21.3 Å². The Morgan fingerprint density at radius 2 is 1.39 bits per heavy atom. The molecule has 0 radical (unpaired) electrons. The number of hydrogen-bond acceptors (Lipinski definition) is 8. The molecule has 0 spiro atoms. The van der Waals surface area contributed by atoms with Gasteiger partial charge in [0.1, 0.15) is 23.9 Å². The number of rotatable bonds is 17. The molecule has 5 amide bonds. The molecule has 0 fully saturated rings. The van der Waals surface area contributed by atoms with E-state index in [4.69, 9.17) is 11.5 Å². The fourth-order valence-electron chi connectivity index (χ4n) is 4.22. The van der Waals surface area contributed by atoms with Crippen LogP contribution in [0.1, 0.15) is 37.8 Å². The van der Waals surface area contributed by atoms with Crippen LogP contribution in [0.5, 0.6) is 5.75 Å². The largest absolute Gasteiger partial charge is 0.508 e. The second-order valence-electron chi connectivity index (χ2n) is 10.4. The van der Waals surface area contributed by atoms with Crippen LogP contribution in [-0.4, -0.2) is 76.4 Å². The van der Waals surface area contributed by atoms with Gasteiger partial charge in [-0.2, -0.15) is 0 Å². The fraction of sp³-hybridized carbons (Fsp3) is 0.400. The number of phenols is 1. The van der Waals surface area contributed by atoms with Crippen molar-refractivity contribution >= 4 is 35.5 Å². The van der Waals surface area contributed by atoms with Crippen LogP contribution >= 0.6 is 0 Å². The summed E-state index contributed by atoms with van der Waals surface area (Å²) in [6.07, 6.45) is -0.204. The SMILES string of the molecule is CC[C@H](C)[C@H](NC(=O)CNC(=O)[C@H](Cc1ccccc1)NC(=O)[C@H](CC(=O)O)NC(=O)[C@@H](N)Cc1ccc(O)cc1)C(N)=O. The lowest BCUT2D eigenvalue weighted by Gasteiger charge is -2.24. The van der Waals surface area contributed by atoms with Crippen molar-refractivity contribution < 1.29 is 39.0 Å². The topological polar surface area (TPSA) is 243 Å². The van der Waals surface area contributed by atoms with Crippen LogP contribution in [0, 0.1) is 5.92 Å². The highest BCUT2D eigenvalue weighted by Crippen LogP contribution is 2.11. The zero-order valence-corrected chi connectivity index (χ0v) is 24.6. The van der Waals surface area contributed by atoms with Gasteiger partial charge in [0, 0.05) is 6.42 Å². The highest BCUT2D eigenvalue weighted by Gasteiger charge is 2.30. The van der Waals surface area contributed by atoms with Gasteiger partial charge >= 0.3 is 5.97 Å². The number of aliphatic carboxylic acids is 1. The van der Waals surface area contributed by atoms with E-state index in [9.17, 15) is 39.0 Å². The van der Waals surface area contributed by atoms with Crippen molar-refractivity contribution in [3.63, 3.8) is 0 Å². The number of nitrogens with one attached hydrogen (secondary N) is 4. The van der Waals surface area contributed by atoms with Gasteiger partial charge in [0.2, 0.25) is 29.5 Å². The summed E-state index contributed by atoms with van der Waals surface area (Å²) in [6.45, 7) is 3.04. The molecular formula is C30H40N6O8. The number of benzene rings is 2. The Bertz CT molecular complexity index is 1300. The summed E-state index contributed by atoms with van der Waals surface area (Å²) in [5.74, 6) is -5.51. The number of nitrogens with two attached hydrogens (primary N) is 2. The van der Waals surface area contributed by atoms with Crippen molar-refractivity contribution in [2.45, 2.75) is 63.7 Å². The third-order valence-electron chi connectivity index (χ3n) is 6.92. The molecule has 14 heteroatoms. The third kappa shape index (κ3) is 11.7. The van der Waals surface area contributed by atoms with Crippen LogP contribution in [-0.2, 0) is 41.6 Å². The Labute approximate surface area is 254 Å². The van der Waals surface area contributed by atoms with Gasteiger partial charge in [-0.25, -0.2) is 0 Å². The zero-order valence-electron chi connectivity index (χ0n) is 24.6. The minimum absolute atomic E-state index is 0.0229. The van der Waals surface area contributed by atoms with E-state index in [0.717, 1.165) is 0 Å². The van der Waals surface area contributed by atoms with E-state index in [-0.39, 0.29) is 24.5 Å². The second-order valence-corrected chi connectivity index (χ2v) is 10.4. The maximum atomic E-state index is 13.2. The Balaban J connectivity index is 2.14. The van der Waals surface area contributed by atoms with E-state index in [1.165, 1.54) is 12.1 Å². The molecule has 2 rings (SSSR count). The summed E-state index contributed by atoms with van der Waals surface area (Å²) in [5.41, 5.74) is 12.6. The van der Waals surface area contributed by atoms with E-state index in [2.05, 4.69) is 21.3 Å². The van der Waals surface area contributed by atoms with Crippen LogP contribution in [0.2, 0.25) is 0 Å². The molecule has 0 heterocycles. The molecule has 2 aromatic carbocycles. The molecule has 0 saturated heterocycles. The molecule has 0 aliphatic carbocycles. The molecule has 0 bridgehead atoms. The number of aromatic hydroxyl groups is 1. The fourth-order valence-corrected chi connectivity index (χ4v) is 4.22. The van der Waals surface area contributed by atoms with Crippen molar-refractivity contribution in [3.8, 4) is 5.75 Å². The van der Waals surface area contributed by atoms with Gasteiger partial charge in [-0.1, -0.05) is 62.7 Å². The van der Waals surface area contributed by atoms with Gasteiger partial charge in [-0.3, -0.25) is 28.8 Å². The van der Waals surface area contributed by atoms with Crippen LogP contribution in [0.4, 0.5) is 0 Å². The van der Waals surface area contributed by atoms with Crippen LogP contribution in [0.15, 0.2) is 54.6 Å². The summed E-state index contributed by atoms with van der Waals surface area (Å²) in [7, 11) is 0. The summed E-state index contributed by atoms with van der Waals surface area (Å²) in [4.78, 5) is 75.0. The molecule has 238 valence electrons. The number of carbonyl (C=O) groups is 6. The molecule has 0 aliphatic heterocycles. The molecular weight excluding hydrogens is 572 g/mol. The van der Waals surface area contributed by atoms with Crippen molar-refractivity contribution in [2.75, 3.05) is 6.54 Å². The predicted octanol–water partition coefficient (Wildman–Crippen LogP) is -0.919. The molecule has 0 saturated carbocycles. The van der Waals surface area contributed by atoms with Crippen molar-refractivity contribution in [1.29, 1.82) is 0 Å². The highest BCUT2D eigenvalue weighted by atomic mass is 16.4. The lowest BCUT2D eigenvalue weighted by molar-refractivity contribution is -0.141. The van der Waals surface area contributed by atoms with E-state index >= 15 is 0 Å². The van der Waals surface area contributed by atoms with Gasteiger partial charge in [-0.15, -0.1) is 0 Å². The lowest BCUT2D eigenvalue weighted by Crippen LogP contribution is -2.57. The zero-order chi connectivity index (χ0) is 32.8. The van der Waals surface area contributed by atoms with E-state index in [0.29, 0.717) is 17.5 Å². The molecule has 0 aliphatic rings. The quantitative estimate of drug-likeness (QED) is 0.110. The van der Waals surface area contributed by atoms with Crippen LogP contribution in [0.3, 0.4) is 0 Å². The second kappa shape index (κ2) is 17.2. The smallest absolute Gasteiger partial charge is 0.305 e. The predicted molar refractivity (Wildman–Crippen MR) is 160 cm³/mol. The van der Waals surface area contributed by atoms with Gasteiger partial charge in [0.15, 0.2) is 0 Å². The molecule has 14 nitrogen and oxygen atoms in total. The molecule has 5 atom stereocenters. The van der Waals surface area contributed by atoms with E-state index in [1.807, 2.05) is 6.92 Å². The summed E-state index contributed by atoms with van der Waals surface area (Å²) in [6, 6.07) is 9.67. The number of primary amides is 1. The Kier molecular flexibility index (Phi) is 13.8. The number of carbonyl (C=O) groups excluding carboxylic acids is 5. The summed E-state index contributed by atoms with van der Waals surface area (Å²) in [5, 5.41) is 28.6. The molecule has 10 N–H and O–H groups in total. The minimum Gasteiger partial charge on any atom is -0.508 e. The number of carboxylic acid groups (broad SMARTS) is 1. The number of amides is 5. The maximum absolute atomic E-state index is 13.2. The van der Waals surface area contributed by atoms with E-state index < -0.39 is 72.6 Å². The monoisotopic (exact) mass is 612 g/mol. The average molecular weight is 613 g/mol. The van der Waals surface area contributed by atoms with E-state index in [1.54, 1.807) is 49.4 Å². The van der Waals surface area contributed by atoms with Gasteiger partial charge in [-0.05, 0) is 35.6 Å². The number of hydrogen-bond donors (Lipinski definition) is 8. The molecule has 44 heavy (non-hydrogen) atoms. The number of phenolic OH excluding ortho intramolecular Hbond substituents is 1. The summed E-state index contributed by atoms with van der Waals surface area (Å²) >= 11 is 0. The van der Waals surface area contributed by atoms with Crippen LogP contribution in [0.25, 0.3) is 0 Å². The highest BCUT2D eigenvalue weighted by molar-refractivity contribution is 5.96. The first-order valence-electron chi connectivity index (χ1n) is 14.1. The third-order valence-corrected chi connectivity index (χ3v) is 6.92. The standard InChI is InChI=1S/C30H40N6O8/c1-3-17(2)26(27(32)41)36-24(38)16-33-29(43)22(14-18-7-5-4-6-8-18)35-30(44)23(15-25(39)40)34-28(42)21(31)13-19-9-11-20(37)12-10-19/h4-12,17,21-23,26,37H,3,13-16,31H2,1-2H3,(H2,32,41)(H,33,43)(H,34,42)(H,35,44)(H,36,38)(H,39,40)/t17-,21-,22-,23-,26-/m0/s1. The first-order chi connectivity index (χ1) is 20.8. The van der Waals surface area contributed by atoms with Gasteiger partial charge < -0.3 is 42.9 Å². The van der Waals surface area contributed by atoms with Crippen molar-refractivity contribution in [2.24, 2.45) is 17.4 Å². The first kappa shape index (κ1) is 35.2. The first-order valence-corrected chi connectivity index (χ1v) is 14.1.